The van der Waals surface area contributed by atoms with Crippen LogP contribution in [-0.4, -0.2) is 12.5 Å². The first-order chi connectivity index (χ1) is 9.15. The van der Waals surface area contributed by atoms with E-state index in [1.165, 1.54) is 25.7 Å². The van der Waals surface area contributed by atoms with Gasteiger partial charge in [0.15, 0.2) is 0 Å². The van der Waals surface area contributed by atoms with Crippen molar-refractivity contribution >= 4 is 18.5 Å². The molecule has 1 amide bonds. The molecule has 2 aliphatic carbocycles. The van der Waals surface area contributed by atoms with Crippen LogP contribution in [0.3, 0.4) is 0 Å². The Hall–Kier alpha value is -0.960. The van der Waals surface area contributed by atoms with E-state index in [4.69, 9.17) is 0 Å². The number of nitrogens with one attached hydrogen (secondary N) is 1. The second kappa shape index (κ2) is 5.20. The number of aryl methyl sites for hydroxylation is 1. The third-order valence-corrected chi connectivity index (χ3v) is 4.70. The average Bonchev–Trinajstić information content (AvgIpc) is 3.25. The van der Waals surface area contributed by atoms with Gasteiger partial charge in [-0.05, 0) is 68.1 Å². The molecule has 2 nitrogen and oxygen atoms in total. The van der Waals surface area contributed by atoms with Crippen LogP contribution in [0.5, 0.6) is 0 Å². The third kappa shape index (κ3) is 3.14. The Morgan fingerprint density at radius 1 is 1.32 bits per heavy atom. The van der Waals surface area contributed by atoms with Crippen molar-refractivity contribution in [3.8, 4) is 0 Å². The van der Waals surface area contributed by atoms with Crippen molar-refractivity contribution in [1.82, 2.24) is 5.32 Å². The highest BCUT2D eigenvalue weighted by molar-refractivity contribution is 7.80. The standard InChI is InChI=1S/C16H21NOS/c1-10-2-7-13(19)8-14(10)16(18)17-9-15(11-3-4-11)12-5-6-12/h2,7-8,11-12,15,19H,3-6,9H2,1H3,(H,17,18). The lowest BCUT2D eigenvalue weighted by Crippen LogP contribution is -2.31. The molecule has 1 aromatic carbocycles. The molecule has 2 saturated carbocycles. The van der Waals surface area contributed by atoms with Gasteiger partial charge in [0.2, 0.25) is 0 Å². The molecule has 19 heavy (non-hydrogen) atoms. The maximum Gasteiger partial charge on any atom is 0.251 e. The first kappa shape index (κ1) is 13.0. The smallest absolute Gasteiger partial charge is 0.251 e. The summed E-state index contributed by atoms with van der Waals surface area (Å²) < 4.78 is 0. The lowest BCUT2D eigenvalue weighted by Gasteiger charge is -2.16. The van der Waals surface area contributed by atoms with E-state index >= 15 is 0 Å². The van der Waals surface area contributed by atoms with Crippen LogP contribution >= 0.6 is 12.6 Å². The summed E-state index contributed by atoms with van der Waals surface area (Å²) >= 11 is 4.31. The molecule has 2 aliphatic rings. The van der Waals surface area contributed by atoms with E-state index in [1.807, 2.05) is 25.1 Å². The van der Waals surface area contributed by atoms with Crippen molar-refractivity contribution in [3.63, 3.8) is 0 Å². The molecule has 0 saturated heterocycles. The fraction of sp³-hybridized carbons (Fsp3) is 0.562. The second-order valence-corrected chi connectivity index (χ2v) is 6.56. The highest BCUT2D eigenvalue weighted by atomic mass is 32.1. The minimum absolute atomic E-state index is 0.0553. The fourth-order valence-corrected chi connectivity index (χ4v) is 3.13. The number of hydrogen-bond donors (Lipinski definition) is 2. The Labute approximate surface area is 120 Å². The fourth-order valence-electron chi connectivity index (χ4n) is 2.93. The normalized spacial score (nSPS) is 18.7. The molecule has 2 fully saturated rings. The molecular formula is C16H21NOS. The summed E-state index contributed by atoms with van der Waals surface area (Å²) in [6.45, 7) is 2.83. The maximum atomic E-state index is 12.3. The molecule has 102 valence electrons. The molecule has 0 spiro atoms. The van der Waals surface area contributed by atoms with E-state index in [9.17, 15) is 4.79 Å². The third-order valence-electron chi connectivity index (χ3n) is 4.42. The topological polar surface area (TPSA) is 29.1 Å². The number of amides is 1. The molecule has 0 unspecified atom stereocenters. The highest BCUT2D eigenvalue weighted by Crippen LogP contribution is 2.48. The zero-order chi connectivity index (χ0) is 13.4. The van der Waals surface area contributed by atoms with Gasteiger partial charge in [0.25, 0.3) is 5.91 Å². The van der Waals surface area contributed by atoms with Gasteiger partial charge in [0, 0.05) is 17.0 Å². The van der Waals surface area contributed by atoms with Crippen LogP contribution in [0.4, 0.5) is 0 Å². The van der Waals surface area contributed by atoms with Crippen LogP contribution in [0.15, 0.2) is 23.1 Å². The predicted molar refractivity (Wildman–Crippen MR) is 79.7 cm³/mol. The van der Waals surface area contributed by atoms with Crippen LogP contribution < -0.4 is 5.32 Å². The first-order valence-corrected chi connectivity index (χ1v) is 7.67. The zero-order valence-electron chi connectivity index (χ0n) is 11.4. The average molecular weight is 275 g/mol. The second-order valence-electron chi connectivity index (χ2n) is 6.05. The van der Waals surface area contributed by atoms with Crippen LogP contribution in [0.2, 0.25) is 0 Å². The van der Waals surface area contributed by atoms with Crippen LogP contribution in [0, 0.1) is 24.7 Å². The van der Waals surface area contributed by atoms with E-state index in [1.54, 1.807) is 0 Å². The van der Waals surface area contributed by atoms with Crippen molar-refractivity contribution in [3.05, 3.63) is 29.3 Å². The Bertz CT molecular complexity index is 480. The molecule has 1 N–H and O–H groups in total. The molecule has 0 heterocycles. The van der Waals surface area contributed by atoms with Gasteiger partial charge in [-0.3, -0.25) is 4.79 Å². The summed E-state index contributed by atoms with van der Waals surface area (Å²) in [7, 11) is 0. The first-order valence-electron chi connectivity index (χ1n) is 7.23. The summed E-state index contributed by atoms with van der Waals surface area (Å²) in [5, 5.41) is 3.14. The SMILES string of the molecule is Cc1ccc(S)cc1C(=O)NCC(C1CC1)C1CC1. The van der Waals surface area contributed by atoms with Crippen molar-refractivity contribution in [2.24, 2.45) is 17.8 Å². The van der Waals surface area contributed by atoms with Gasteiger partial charge in [-0.2, -0.15) is 0 Å². The Balaban J connectivity index is 1.62. The van der Waals surface area contributed by atoms with Crippen molar-refractivity contribution in [1.29, 1.82) is 0 Å². The molecule has 0 bridgehead atoms. The number of hydrogen-bond acceptors (Lipinski definition) is 2. The van der Waals surface area contributed by atoms with E-state index in [2.05, 4.69) is 17.9 Å². The molecular weight excluding hydrogens is 254 g/mol. The van der Waals surface area contributed by atoms with E-state index in [0.29, 0.717) is 0 Å². The van der Waals surface area contributed by atoms with E-state index in [0.717, 1.165) is 40.3 Å². The number of benzene rings is 1. The quantitative estimate of drug-likeness (QED) is 0.792. The molecule has 1 aromatic rings. The van der Waals surface area contributed by atoms with Crippen LogP contribution in [-0.2, 0) is 0 Å². The molecule has 3 heteroatoms. The lowest BCUT2D eigenvalue weighted by molar-refractivity contribution is 0.0942. The van der Waals surface area contributed by atoms with Gasteiger partial charge in [-0.25, -0.2) is 0 Å². The van der Waals surface area contributed by atoms with Gasteiger partial charge < -0.3 is 5.32 Å². The van der Waals surface area contributed by atoms with Crippen molar-refractivity contribution in [2.75, 3.05) is 6.54 Å². The molecule has 0 atom stereocenters. The van der Waals surface area contributed by atoms with Crippen LogP contribution in [0.25, 0.3) is 0 Å². The van der Waals surface area contributed by atoms with Gasteiger partial charge >= 0.3 is 0 Å². The highest BCUT2D eigenvalue weighted by Gasteiger charge is 2.41. The summed E-state index contributed by atoms with van der Waals surface area (Å²) in [6, 6.07) is 5.74. The number of carbonyl (C=O) groups excluding carboxylic acids is 1. The van der Waals surface area contributed by atoms with Gasteiger partial charge in [0.1, 0.15) is 0 Å². The minimum Gasteiger partial charge on any atom is -0.352 e. The molecule has 3 rings (SSSR count). The van der Waals surface area contributed by atoms with Gasteiger partial charge in [-0.15, -0.1) is 12.6 Å². The summed E-state index contributed by atoms with van der Waals surface area (Å²) in [5.41, 5.74) is 1.78. The zero-order valence-corrected chi connectivity index (χ0v) is 12.2. The Kier molecular flexibility index (Phi) is 3.57. The largest absolute Gasteiger partial charge is 0.352 e. The number of thiol groups is 1. The molecule has 0 radical (unpaired) electrons. The monoisotopic (exact) mass is 275 g/mol. The van der Waals surface area contributed by atoms with Crippen LogP contribution in [0.1, 0.15) is 41.6 Å². The summed E-state index contributed by atoms with van der Waals surface area (Å²) in [5.74, 6) is 2.54. The molecule has 0 aliphatic heterocycles. The maximum absolute atomic E-state index is 12.3. The number of rotatable bonds is 5. The van der Waals surface area contributed by atoms with Crippen molar-refractivity contribution < 1.29 is 4.79 Å². The Morgan fingerprint density at radius 2 is 1.95 bits per heavy atom. The van der Waals surface area contributed by atoms with Crippen molar-refractivity contribution in [2.45, 2.75) is 37.5 Å². The Morgan fingerprint density at radius 3 is 2.53 bits per heavy atom. The van der Waals surface area contributed by atoms with Gasteiger partial charge in [0.05, 0.1) is 0 Å². The summed E-state index contributed by atoms with van der Waals surface area (Å²) in [4.78, 5) is 13.1. The van der Waals surface area contributed by atoms with Gasteiger partial charge in [-0.1, -0.05) is 6.07 Å². The minimum atomic E-state index is 0.0553. The number of carbonyl (C=O) groups is 1. The summed E-state index contributed by atoms with van der Waals surface area (Å²) in [6.07, 6.45) is 5.45. The lowest BCUT2D eigenvalue weighted by atomic mass is 9.97. The van der Waals surface area contributed by atoms with E-state index < -0.39 is 0 Å². The molecule has 0 aromatic heterocycles. The van der Waals surface area contributed by atoms with E-state index in [-0.39, 0.29) is 5.91 Å². The predicted octanol–water partition coefficient (Wildman–Crippen LogP) is 3.45.